The van der Waals surface area contributed by atoms with Gasteiger partial charge in [0.2, 0.25) is 0 Å². The van der Waals surface area contributed by atoms with Crippen LogP contribution in [0.2, 0.25) is 0 Å². The topological polar surface area (TPSA) is 101 Å². The highest BCUT2D eigenvalue weighted by molar-refractivity contribution is 7.79. The first-order valence-corrected chi connectivity index (χ1v) is 3.62. The molecule has 0 saturated carbocycles. The Labute approximate surface area is 74.2 Å². The van der Waals surface area contributed by atoms with E-state index in [9.17, 15) is 9.59 Å². The van der Waals surface area contributed by atoms with Crippen LogP contribution in [0.25, 0.3) is 0 Å². The summed E-state index contributed by atoms with van der Waals surface area (Å²) >= 11 is 4.40. The number of hydrogen-bond donors (Lipinski definition) is 3. The van der Waals surface area contributed by atoms with Crippen molar-refractivity contribution in [1.29, 1.82) is 0 Å². The van der Waals surface area contributed by atoms with Crippen LogP contribution in [0, 0.1) is 5.92 Å². The minimum Gasteiger partial charge on any atom is -0.481 e. The molecular formula is C6H9NO4S. The lowest BCUT2D eigenvalue weighted by atomic mass is 10.0. The lowest BCUT2D eigenvalue weighted by molar-refractivity contribution is -0.141. The van der Waals surface area contributed by atoms with Gasteiger partial charge in [-0.15, -0.1) is 0 Å². The summed E-state index contributed by atoms with van der Waals surface area (Å²) in [6, 6.07) is -1.18. The summed E-state index contributed by atoms with van der Waals surface area (Å²) in [4.78, 5) is 20.5. The van der Waals surface area contributed by atoms with Gasteiger partial charge in [0.15, 0.2) is 0 Å². The summed E-state index contributed by atoms with van der Waals surface area (Å²) in [6.45, 7) is 0. The molecule has 68 valence electrons. The van der Waals surface area contributed by atoms with Crippen LogP contribution in [-0.2, 0) is 9.59 Å². The summed E-state index contributed by atoms with van der Waals surface area (Å²) in [6.07, 6.45) is -0.172. The van der Waals surface area contributed by atoms with Crippen molar-refractivity contribution in [2.75, 3.05) is 0 Å². The fourth-order valence-corrected chi connectivity index (χ4v) is 0.816. The molecule has 0 radical (unpaired) electrons. The van der Waals surface area contributed by atoms with Crippen LogP contribution < -0.4 is 5.73 Å². The van der Waals surface area contributed by atoms with E-state index in [1.807, 2.05) is 0 Å². The molecule has 12 heavy (non-hydrogen) atoms. The van der Waals surface area contributed by atoms with Crippen molar-refractivity contribution in [2.45, 2.75) is 12.5 Å². The van der Waals surface area contributed by atoms with Gasteiger partial charge in [0.25, 0.3) is 0 Å². The van der Waals surface area contributed by atoms with E-state index in [1.54, 1.807) is 0 Å². The number of hydrogen-bond acceptors (Lipinski definition) is 4. The zero-order chi connectivity index (χ0) is 9.72. The fraction of sp³-hybridized carbons (Fsp3) is 0.500. The number of aliphatic carboxylic acids is 2. The molecule has 5 nitrogen and oxygen atoms in total. The normalized spacial score (nSPS) is 14.8. The van der Waals surface area contributed by atoms with E-state index < -0.39 is 23.9 Å². The van der Waals surface area contributed by atoms with Crippen molar-refractivity contribution in [3.63, 3.8) is 0 Å². The highest BCUT2D eigenvalue weighted by Gasteiger charge is 2.21. The average molecular weight is 191 g/mol. The van der Waals surface area contributed by atoms with Crippen LogP contribution >= 0.6 is 12.2 Å². The number of thiocarbonyl (C=S) groups is 1. The first kappa shape index (κ1) is 11.0. The fourth-order valence-electron chi connectivity index (χ4n) is 0.589. The van der Waals surface area contributed by atoms with E-state index in [2.05, 4.69) is 12.2 Å². The molecule has 0 aromatic carbocycles. The standard InChI is InChI=1S/C6H9NO4S/c7-4(6(10)11)1-3(2-12)5(8)9/h2-4H,1,7H2,(H,8,9)(H,10,11)/t3?,4-/m1/s1. The Morgan fingerprint density at radius 2 is 1.92 bits per heavy atom. The largest absolute Gasteiger partial charge is 0.481 e. The van der Waals surface area contributed by atoms with Gasteiger partial charge in [-0.1, -0.05) is 12.2 Å². The molecule has 4 N–H and O–H groups in total. The van der Waals surface area contributed by atoms with Crippen LogP contribution in [0.3, 0.4) is 0 Å². The highest BCUT2D eigenvalue weighted by Crippen LogP contribution is 2.03. The van der Waals surface area contributed by atoms with E-state index in [1.165, 1.54) is 0 Å². The predicted molar refractivity (Wildman–Crippen MR) is 45.0 cm³/mol. The molecule has 0 fully saturated rings. The van der Waals surface area contributed by atoms with E-state index >= 15 is 0 Å². The van der Waals surface area contributed by atoms with Crippen LogP contribution in [0.5, 0.6) is 0 Å². The Hall–Kier alpha value is -1.01. The van der Waals surface area contributed by atoms with Crippen LogP contribution in [-0.4, -0.2) is 33.6 Å². The van der Waals surface area contributed by atoms with Gasteiger partial charge >= 0.3 is 11.9 Å². The number of carboxylic acids is 2. The van der Waals surface area contributed by atoms with Crippen LogP contribution in [0.1, 0.15) is 6.42 Å². The molecule has 0 aromatic rings. The minimum atomic E-state index is -1.22. The molecule has 0 aliphatic heterocycles. The Balaban J connectivity index is 4.11. The summed E-state index contributed by atoms with van der Waals surface area (Å²) in [5, 5.41) is 17.8. The van der Waals surface area contributed by atoms with Crippen molar-refractivity contribution < 1.29 is 19.8 Å². The monoisotopic (exact) mass is 191 g/mol. The Bertz CT molecular complexity index is 206. The molecule has 0 aliphatic carbocycles. The highest BCUT2D eigenvalue weighted by atomic mass is 32.1. The average Bonchev–Trinajstić information content (AvgIpc) is 1.98. The molecule has 0 aromatic heterocycles. The van der Waals surface area contributed by atoms with Crippen molar-refractivity contribution in [2.24, 2.45) is 11.7 Å². The molecule has 1 unspecified atom stereocenters. The van der Waals surface area contributed by atoms with Crippen molar-refractivity contribution in [1.82, 2.24) is 0 Å². The predicted octanol–water partition coefficient (Wildman–Crippen LogP) is -0.511. The molecule has 0 aliphatic rings. The number of carbonyl (C=O) groups is 2. The molecular weight excluding hydrogens is 182 g/mol. The second-order valence-electron chi connectivity index (χ2n) is 2.26. The lowest BCUT2D eigenvalue weighted by Gasteiger charge is -2.09. The SMILES string of the molecule is N[C@H](CC(C=S)C(=O)O)C(=O)O. The maximum atomic E-state index is 10.3. The molecule has 0 heterocycles. The van der Waals surface area contributed by atoms with E-state index in [4.69, 9.17) is 15.9 Å². The second-order valence-corrected chi connectivity index (χ2v) is 2.53. The van der Waals surface area contributed by atoms with Gasteiger partial charge in [-0.2, -0.15) is 0 Å². The van der Waals surface area contributed by atoms with Crippen molar-refractivity contribution in [3.8, 4) is 0 Å². The zero-order valence-electron chi connectivity index (χ0n) is 6.14. The number of rotatable bonds is 5. The van der Waals surface area contributed by atoms with Gasteiger partial charge in [0.1, 0.15) is 6.04 Å². The van der Waals surface area contributed by atoms with Gasteiger partial charge < -0.3 is 15.9 Å². The van der Waals surface area contributed by atoms with Gasteiger partial charge in [-0.3, -0.25) is 9.59 Å². The Kier molecular flexibility index (Phi) is 4.38. The first-order chi connectivity index (χ1) is 5.49. The summed E-state index contributed by atoms with van der Waals surface area (Å²) in [5.74, 6) is -3.34. The molecule has 0 saturated heterocycles. The smallest absolute Gasteiger partial charge is 0.320 e. The Morgan fingerprint density at radius 1 is 1.42 bits per heavy atom. The first-order valence-electron chi connectivity index (χ1n) is 3.15. The third kappa shape index (κ3) is 3.40. The molecule has 2 atom stereocenters. The van der Waals surface area contributed by atoms with Gasteiger partial charge in [-0.05, 0) is 11.8 Å². The number of carboxylic acid groups (broad SMARTS) is 2. The van der Waals surface area contributed by atoms with E-state index in [-0.39, 0.29) is 6.42 Å². The van der Waals surface area contributed by atoms with Gasteiger partial charge in [-0.25, -0.2) is 0 Å². The maximum Gasteiger partial charge on any atom is 0.320 e. The zero-order valence-corrected chi connectivity index (χ0v) is 6.95. The van der Waals surface area contributed by atoms with E-state index in [0.29, 0.717) is 0 Å². The van der Waals surface area contributed by atoms with Crippen molar-refractivity contribution in [3.05, 3.63) is 0 Å². The lowest BCUT2D eigenvalue weighted by Crippen LogP contribution is -2.34. The summed E-state index contributed by atoms with van der Waals surface area (Å²) < 4.78 is 0. The van der Waals surface area contributed by atoms with Crippen LogP contribution in [0.4, 0.5) is 0 Å². The molecule has 6 heteroatoms. The Morgan fingerprint density at radius 3 is 2.17 bits per heavy atom. The van der Waals surface area contributed by atoms with E-state index in [0.717, 1.165) is 5.37 Å². The minimum absolute atomic E-state index is 0.172. The number of nitrogens with two attached hydrogens (primary N) is 1. The second kappa shape index (κ2) is 4.78. The maximum absolute atomic E-state index is 10.3. The molecule has 0 rings (SSSR count). The van der Waals surface area contributed by atoms with Gasteiger partial charge in [0, 0.05) is 0 Å². The van der Waals surface area contributed by atoms with Gasteiger partial charge in [0.05, 0.1) is 5.92 Å². The molecule has 0 spiro atoms. The summed E-state index contributed by atoms with van der Waals surface area (Å²) in [5.41, 5.74) is 5.10. The quantitative estimate of drug-likeness (QED) is 0.506. The van der Waals surface area contributed by atoms with Crippen LogP contribution in [0.15, 0.2) is 0 Å². The molecule has 0 amide bonds. The van der Waals surface area contributed by atoms with Crippen molar-refractivity contribution >= 4 is 29.5 Å². The summed E-state index contributed by atoms with van der Waals surface area (Å²) in [7, 11) is 0. The third-order valence-corrected chi connectivity index (χ3v) is 1.64. The third-order valence-electron chi connectivity index (χ3n) is 1.31. The molecule has 0 bridgehead atoms.